The lowest BCUT2D eigenvalue weighted by Crippen LogP contribution is -2.41. The zero-order valence-corrected chi connectivity index (χ0v) is 12.8. The lowest BCUT2D eigenvalue weighted by atomic mass is 10.1. The summed E-state index contributed by atoms with van der Waals surface area (Å²) in [5, 5.41) is 3.57. The molecule has 1 saturated heterocycles. The Labute approximate surface area is 121 Å². The molecule has 20 heavy (non-hydrogen) atoms. The lowest BCUT2D eigenvalue weighted by molar-refractivity contribution is 0.116. The summed E-state index contributed by atoms with van der Waals surface area (Å²) in [6.45, 7) is 8.09. The maximum absolute atomic E-state index is 5.25. The zero-order valence-electron chi connectivity index (χ0n) is 12.8. The van der Waals surface area contributed by atoms with Gasteiger partial charge >= 0.3 is 0 Å². The molecule has 1 aliphatic heterocycles. The van der Waals surface area contributed by atoms with Gasteiger partial charge < -0.3 is 10.1 Å². The van der Waals surface area contributed by atoms with Crippen LogP contribution >= 0.6 is 0 Å². The number of hydrogen-bond acceptors (Lipinski definition) is 5. The maximum Gasteiger partial charge on any atom is 0.0784 e. The van der Waals surface area contributed by atoms with Crippen LogP contribution in [-0.4, -0.2) is 54.3 Å². The van der Waals surface area contributed by atoms with Crippen LogP contribution < -0.4 is 5.32 Å². The molecular formula is C15H26N4O. The quantitative estimate of drug-likeness (QED) is 0.820. The summed E-state index contributed by atoms with van der Waals surface area (Å²) in [7, 11) is 1.75. The Kier molecular flexibility index (Phi) is 5.88. The van der Waals surface area contributed by atoms with Crippen LogP contribution in [0.1, 0.15) is 37.2 Å². The van der Waals surface area contributed by atoms with E-state index in [4.69, 9.17) is 4.74 Å². The first-order chi connectivity index (χ1) is 9.72. The Bertz CT molecular complexity index is 407. The van der Waals surface area contributed by atoms with Crippen LogP contribution in [0.2, 0.25) is 0 Å². The van der Waals surface area contributed by atoms with Gasteiger partial charge in [0, 0.05) is 38.6 Å². The van der Waals surface area contributed by atoms with Gasteiger partial charge in [0.25, 0.3) is 0 Å². The van der Waals surface area contributed by atoms with Gasteiger partial charge in [0.2, 0.25) is 0 Å². The predicted molar refractivity (Wildman–Crippen MR) is 79.7 cm³/mol. The molecule has 0 saturated carbocycles. The summed E-state index contributed by atoms with van der Waals surface area (Å²) in [5.74, 6) is 0. The second-order valence-electron chi connectivity index (χ2n) is 5.48. The molecule has 0 radical (unpaired) electrons. The lowest BCUT2D eigenvalue weighted by Gasteiger charge is -2.31. The van der Waals surface area contributed by atoms with Crippen molar-refractivity contribution in [3.8, 4) is 0 Å². The van der Waals surface area contributed by atoms with Crippen molar-refractivity contribution < 1.29 is 4.74 Å². The number of aryl methyl sites for hydroxylation is 1. The summed E-state index contributed by atoms with van der Waals surface area (Å²) < 4.78 is 5.25. The normalized spacial score (nSPS) is 20.5. The van der Waals surface area contributed by atoms with E-state index in [1.807, 2.05) is 6.92 Å². The molecule has 2 heterocycles. The van der Waals surface area contributed by atoms with Crippen LogP contribution in [0.4, 0.5) is 0 Å². The molecule has 0 aliphatic carbocycles. The largest absolute Gasteiger partial charge is 0.383 e. The molecule has 0 bridgehead atoms. The van der Waals surface area contributed by atoms with E-state index in [9.17, 15) is 0 Å². The number of hydrogen-bond donors (Lipinski definition) is 1. The summed E-state index contributed by atoms with van der Waals surface area (Å²) >= 11 is 0. The van der Waals surface area contributed by atoms with Crippen molar-refractivity contribution in [2.45, 2.75) is 38.8 Å². The highest BCUT2D eigenvalue weighted by Gasteiger charge is 2.23. The molecule has 1 aromatic heterocycles. The molecular weight excluding hydrogens is 252 g/mol. The Balaban J connectivity index is 2.06. The molecule has 0 spiro atoms. The van der Waals surface area contributed by atoms with Gasteiger partial charge in [-0.1, -0.05) is 0 Å². The molecule has 5 heteroatoms. The highest BCUT2D eigenvalue weighted by molar-refractivity contribution is 5.12. The average molecular weight is 278 g/mol. The van der Waals surface area contributed by atoms with Gasteiger partial charge in [-0.15, -0.1) is 0 Å². The average Bonchev–Trinajstić information content (AvgIpc) is 2.96. The fourth-order valence-corrected chi connectivity index (χ4v) is 2.85. The van der Waals surface area contributed by atoms with E-state index in [2.05, 4.69) is 27.1 Å². The van der Waals surface area contributed by atoms with Crippen molar-refractivity contribution in [2.75, 3.05) is 33.4 Å². The smallest absolute Gasteiger partial charge is 0.0784 e. The minimum Gasteiger partial charge on any atom is -0.383 e. The molecule has 0 aromatic carbocycles. The molecule has 2 unspecified atom stereocenters. The third kappa shape index (κ3) is 3.98. The van der Waals surface area contributed by atoms with E-state index < -0.39 is 0 Å². The molecule has 2 atom stereocenters. The topological polar surface area (TPSA) is 50.3 Å². The second-order valence-corrected chi connectivity index (χ2v) is 5.48. The summed E-state index contributed by atoms with van der Waals surface area (Å²) in [6, 6.07) is 0.854. The molecule has 1 aliphatic rings. The number of nitrogens with one attached hydrogen (secondary N) is 1. The van der Waals surface area contributed by atoms with Crippen molar-refractivity contribution in [2.24, 2.45) is 0 Å². The van der Waals surface area contributed by atoms with Gasteiger partial charge in [0.05, 0.1) is 24.0 Å². The minimum atomic E-state index is 0.265. The first-order valence-electron chi connectivity index (χ1n) is 7.46. The maximum atomic E-state index is 5.25. The van der Waals surface area contributed by atoms with Crippen LogP contribution in [0.3, 0.4) is 0 Å². The van der Waals surface area contributed by atoms with Crippen molar-refractivity contribution in [1.82, 2.24) is 20.2 Å². The molecule has 0 amide bonds. The first kappa shape index (κ1) is 15.4. The van der Waals surface area contributed by atoms with E-state index in [1.165, 1.54) is 12.8 Å². The third-order valence-corrected chi connectivity index (χ3v) is 4.06. The number of aromatic nitrogens is 2. The highest BCUT2D eigenvalue weighted by Crippen LogP contribution is 2.21. The monoisotopic (exact) mass is 278 g/mol. The number of ether oxygens (including phenoxy) is 1. The Morgan fingerprint density at radius 3 is 2.90 bits per heavy atom. The van der Waals surface area contributed by atoms with E-state index in [0.29, 0.717) is 6.04 Å². The molecule has 2 rings (SSSR count). The predicted octanol–water partition coefficient (Wildman–Crippen LogP) is 1.55. The summed E-state index contributed by atoms with van der Waals surface area (Å²) in [5.41, 5.74) is 2.09. The van der Waals surface area contributed by atoms with Gasteiger partial charge in [0.1, 0.15) is 0 Å². The Morgan fingerprint density at radius 2 is 2.25 bits per heavy atom. The number of nitrogens with zero attached hydrogens (tertiary/aromatic N) is 3. The number of rotatable bonds is 7. The highest BCUT2D eigenvalue weighted by atomic mass is 16.5. The van der Waals surface area contributed by atoms with Gasteiger partial charge in [0.15, 0.2) is 0 Å². The molecule has 112 valence electrons. The van der Waals surface area contributed by atoms with Crippen molar-refractivity contribution in [3.05, 3.63) is 23.8 Å². The molecule has 1 N–H and O–H groups in total. The fourth-order valence-electron chi connectivity index (χ4n) is 2.85. The van der Waals surface area contributed by atoms with Gasteiger partial charge in [-0.2, -0.15) is 0 Å². The Hall–Kier alpha value is -1.04. The van der Waals surface area contributed by atoms with E-state index in [-0.39, 0.29) is 6.04 Å². The molecule has 5 nitrogen and oxygen atoms in total. The summed E-state index contributed by atoms with van der Waals surface area (Å²) in [4.78, 5) is 11.3. The van der Waals surface area contributed by atoms with Gasteiger partial charge in [-0.05, 0) is 33.2 Å². The standard InChI is InChI=1S/C15H26N4O/c1-12-15(18-8-7-16-12)13(2)19(9-10-20-3)11-14-5-4-6-17-14/h7-8,13-14,17H,4-6,9-11H2,1-3H3. The van der Waals surface area contributed by atoms with Gasteiger partial charge in [-0.3, -0.25) is 14.9 Å². The van der Waals surface area contributed by atoms with Crippen LogP contribution in [0.5, 0.6) is 0 Å². The Morgan fingerprint density at radius 1 is 1.45 bits per heavy atom. The summed E-state index contributed by atoms with van der Waals surface area (Å²) in [6.07, 6.45) is 6.07. The van der Waals surface area contributed by atoms with Crippen molar-refractivity contribution >= 4 is 0 Å². The van der Waals surface area contributed by atoms with Gasteiger partial charge in [-0.25, -0.2) is 0 Å². The second kappa shape index (κ2) is 7.67. The van der Waals surface area contributed by atoms with Crippen LogP contribution in [0.25, 0.3) is 0 Å². The minimum absolute atomic E-state index is 0.265. The van der Waals surface area contributed by atoms with E-state index in [1.54, 1.807) is 19.5 Å². The first-order valence-corrected chi connectivity index (χ1v) is 7.46. The zero-order chi connectivity index (χ0) is 14.4. The van der Waals surface area contributed by atoms with E-state index in [0.717, 1.165) is 37.6 Å². The van der Waals surface area contributed by atoms with Crippen LogP contribution in [-0.2, 0) is 4.74 Å². The fraction of sp³-hybridized carbons (Fsp3) is 0.733. The molecule has 1 fully saturated rings. The molecule has 1 aromatic rings. The van der Waals surface area contributed by atoms with Crippen molar-refractivity contribution in [1.29, 1.82) is 0 Å². The van der Waals surface area contributed by atoms with Crippen LogP contribution in [0.15, 0.2) is 12.4 Å². The third-order valence-electron chi connectivity index (χ3n) is 4.06. The van der Waals surface area contributed by atoms with Crippen LogP contribution in [0, 0.1) is 6.92 Å². The van der Waals surface area contributed by atoms with Crippen molar-refractivity contribution in [3.63, 3.8) is 0 Å². The SMILES string of the molecule is COCCN(CC1CCCN1)C(C)c1nccnc1C. The number of methoxy groups -OCH3 is 1. The van der Waals surface area contributed by atoms with E-state index >= 15 is 0 Å².